The van der Waals surface area contributed by atoms with Crippen LogP contribution in [0, 0.1) is 0 Å². The summed E-state index contributed by atoms with van der Waals surface area (Å²) < 4.78 is 16.6. The number of hydrogen-bond acceptors (Lipinski definition) is 7. The Morgan fingerprint density at radius 1 is 1.19 bits per heavy atom. The SMILES string of the molecule is C=C(/C=C\C(Cl)=C(/C)Cc1ccc(OCC)cc1)[C@]1(OC)O[C@H](CCO)[C@@H](O)[C@H](O)[C@H]1O. The molecule has 0 radical (unpaired) electrons. The third-order valence-electron chi connectivity index (χ3n) is 5.48. The van der Waals surface area contributed by atoms with Gasteiger partial charge in [0.15, 0.2) is 0 Å². The number of hydrogen-bond donors (Lipinski definition) is 4. The van der Waals surface area contributed by atoms with Crippen molar-refractivity contribution < 1.29 is 34.6 Å². The molecule has 0 unspecified atom stereocenters. The fourth-order valence-electron chi connectivity index (χ4n) is 3.61. The van der Waals surface area contributed by atoms with Crippen LogP contribution in [0.4, 0.5) is 0 Å². The van der Waals surface area contributed by atoms with Crippen molar-refractivity contribution in [2.45, 2.75) is 56.9 Å². The van der Waals surface area contributed by atoms with Crippen molar-refractivity contribution in [3.63, 3.8) is 0 Å². The number of halogens is 1. The summed E-state index contributed by atoms with van der Waals surface area (Å²) in [5.74, 6) is -0.988. The fraction of sp³-hybridized carbons (Fsp3) is 0.500. The van der Waals surface area contributed by atoms with Crippen LogP contribution in [0.1, 0.15) is 25.8 Å². The van der Waals surface area contributed by atoms with Gasteiger partial charge in [-0.15, -0.1) is 0 Å². The first-order chi connectivity index (χ1) is 15.2. The molecule has 5 atom stereocenters. The number of rotatable bonds is 10. The number of ether oxygens (including phenoxy) is 3. The van der Waals surface area contributed by atoms with E-state index in [9.17, 15) is 20.4 Å². The van der Waals surface area contributed by atoms with E-state index >= 15 is 0 Å². The molecule has 2 rings (SSSR count). The van der Waals surface area contributed by atoms with Crippen LogP contribution in [0.3, 0.4) is 0 Å². The molecule has 1 aromatic carbocycles. The number of aliphatic hydroxyl groups excluding tert-OH is 4. The lowest BCUT2D eigenvalue weighted by Gasteiger charge is -2.48. The van der Waals surface area contributed by atoms with Crippen LogP contribution in [0.15, 0.2) is 59.2 Å². The summed E-state index contributed by atoms with van der Waals surface area (Å²) in [6.07, 6.45) is -1.64. The van der Waals surface area contributed by atoms with Gasteiger partial charge >= 0.3 is 0 Å². The molecular formula is C24H33ClO7. The molecule has 1 heterocycles. The second kappa shape index (κ2) is 12.0. The molecule has 8 heteroatoms. The highest BCUT2D eigenvalue weighted by Crippen LogP contribution is 2.37. The van der Waals surface area contributed by atoms with Crippen LogP contribution in [-0.2, 0) is 15.9 Å². The summed E-state index contributed by atoms with van der Waals surface area (Å²) in [5.41, 5.74) is 2.18. The summed E-state index contributed by atoms with van der Waals surface area (Å²) in [6.45, 7) is 8.09. The van der Waals surface area contributed by atoms with E-state index in [2.05, 4.69) is 6.58 Å². The van der Waals surface area contributed by atoms with E-state index in [0.717, 1.165) is 16.9 Å². The minimum atomic E-state index is -1.80. The average Bonchev–Trinajstić information content (AvgIpc) is 2.79. The molecule has 7 nitrogen and oxygen atoms in total. The first kappa shape index (κ1) is 26.5. The molecule has 178 valence electrons. The van der Waals surface area contributed by atoms with Gasteiger partial charge in [0.05, 0.1) is 12.7 Å². The van der Waals surface area contributed by atoms with Gasteiger partial charge in [0.25, 0.3) is 0 Å². The third kappa shape index (κ3) is 5.99. The topological polar surface area (TPSA) is 109 Å². The molecule has 1 saturated heterocycles. The average molecular weight is 469 g/mol. The van der Waals surface area contributed by atoms with Gasteiger partial charge in [-0.2, -0.15) is 0 Å². The van der Waals surface area contributed by atoms with Crippen molar-refractivity contribution in [1.29, 1.82) is 0 Å². The highest BCUT2D eigenvalue weighted by Gasteiger charge is 2.54. The van der Waals surface area contributed by atoms with Gasteiger partial charge in [-0.25, -0.2) is 0 Å². The van der Waals surface area contributed by atoms with Gasteiger partial charge in [-0.1, -0.05) is 42.0 Å². The predicted molar refractivity (Wildman–Crippen MR) is 122 cm³/mol. The Hall–Kier alpha value is -1.71. The minimum Gasteiger partial charge on any atom is -0.494 e. The van der Waals surface area contributed by atoms with Crippen molar-refractivity contribution in [2.75, 3.05) is 20.3 Å². The monoisotopic (exact) mass is 468 g/mol. The lowest BCUT2D eigenvalue weighted by atomic mass is 9.87. The third-order valence-corrected chi connectivity index (χ3v) is 5.93. The Labute approximate surface area is 194 Å². The maximum atomic E-state index is 10.6. The largest absolute Gasteiger partial charge is 0.494 e. The molecule has 0 spiro atoms. The molecule has 4 N–H and O–H groups in total. The molecule has 1 aliphatic heterocycles. The van der Waals surface area contributed by atoms with Gasteiger partial charge in [-0.3, -0.25) is 0 Å². The lowest BCUT2D eigenvalue weighted by Crippen LogP contribution is -2.65. The molecule has 32 heavy (non-hydrogen) atoms. The van der Waals surface area contributed by atoms with E-state index in [4.69, 9.17) is 25.8 Å². The smallest absolute Gasteiger partial charge is 0.224 e. The lowest BCUT2D eigenvalue weighted by molar-refractivity contribution is -0.336. The van der Waals surface area contributed by atoms with Crippen LogP contribution in [0.2, 0.25) is 0 Å². The zero-order valence-corrected chi connectivity index (χ0v) is 19.5. The number of benzene rings is 1. The van der Waals surface area contributed by atoms with Gasteiger partial charge in [0, 0.05) is 24.3 Å². The Balaban J connectivity index is 2.17. The summed E-state index contributed by atoms with van der Waals surface area (Å²) in [4.78, 5) is 0. The molecule has 0 aromatic heterocycles. The maximum Gasteiger partial charge on any atom is 0.224 e. The second-order valence-electron chi connectivity index (χ2n) is 7.71. The van der Waals surface area contributed by atoms with Crippen molar-refractivity contribution in [1.82, 2.24) is 0 Å². The van der Waals surface area contributed by atoms with E-state index < -0.39 is 30.2 Å². The fourth-order valence-corrected chi connectivity index (χ4v) is 3.74. The Morgan fingerprint density at radius 2 is 1.84 bits per heavy atom. The first-order valence-corrected chi connectivity index (χ1v) is 10.9. The van der Waals surface area contributed by atoms with Crippen LogP contribution >= 0.6 is 11.6 Å². The van der Waals surface area contributed by atoms with Crippen molar-refractivity contribution in [2.24, 2.45) is 0 Å². The van der Waals surface area contributed by atoms with Gasteiger partial charge in [-0.05, 0) is 50.5 Å². The Bertz CT molecular complexity index is 820. The molecule has 0 saturated carbocycles. The van der Waals surface area contributed by atoms with E-state index in [1.54, 1.807) is 6.08 Å². The highest BCUT2D eigenvalue weighted by atomic mass is 35.5. The summed E-state index contributed by atoms with van der Waals surface area (Å²) in [6, 6.07) is 7.76. The Kier molecular flexibility index (Phi) is 9.91. The van der Waals surface area contributed by atoms with Crippen LogP contribution in [0.25, 0.3) is 0 Å². The molecule has 1 aliphatic rings. The number of methoxy groups -OCH3 is 1. The summed E-state index contributed by atoms with van der Waals surface area (Å²) in [7, 11) is 1.30. The normalized spacial score (nSPS) is 29.1. The zero-order valence-electron chi connectivity index (χ0n) is 18.7. The van der Waals surface area contributed by atoms with Crippen LogP contribution in [0.5, 0.6) is 5.75 Å². The van der Waals surface area contributed by atoms with Crippen LogP contribution in [-0.4, -0.2) is 71.0 Å². The van der Waals surface area contributed by atoms with E-state index in [0.29, 0.717) is 18.1 Å². The highest BCUT2D eigenvalue weighted by molar-refractivity contribution is 6.31. The standard InChI is InChI=1S/C24H33ClO7/c1-5-31-18-9-7-17(8-10-18)14-15(2)19(25)11-6-16(3)24(30-4)23(29)22(28)21(27)20(32-24)12-13-26/h6-11,20-23,26-29H,3,5,12-14H2,1-2,4H3/b11-6-,19-15-/t20-,21-,22+,23-,24+/m1/s1. The summed E-state index contributed by atoms with van der Waals surface area (Å²) in [5, 5.41) is 40.7. The molecule has 1 aromatic rings. The molecule has 0 bridgehead atoms. The maximum absolute atomic E-state index is 10.6. The second-order valence-corrected chi connectivity index (χ2v) is 8.11. The summed E-state index contributed by atoms with van der Waals surface area (Å²) >= 11 is 6.46. The van der Waals surface area contributed by atoms with Gasteiger partial charge < -0.3 is 34.6 Å². The molecular weight excluding hydrogens is 436 g/mol. The number of allylic oxidation sites excluding steroid dienone is 3. The molecule has 0 amide bonds. The zero-order chi connectivity index (χ0) is 23.9. The van der Waals surface area contributed by atoms with Crippen LogP contribution < -0.4 is 4.74 Å². The van der Waals surface area contributed by atoms with Gasteiger partial charge in [0.1, 0.15) is 24.1 Å². The number of aliphatic hydroxyl groups is 4. The van der Waals surface area contributed by atoms with Crippen molar-refractivity contribution >= 4 is 11.6 Å². The van der Waals surface area contributed by atoms with Crippen molar-refractivity contribution in [3.05, 3.63) is 64.7 Å². The molecule has 0 aliphatic carbocycles. The van der Waals surface area contributed by atoms with Crippen molar-refractivity contribution in [3.8, 4) is 5.75 Å². The van der Waals surface area contributed by atoms with E-state index in [-0.39, 0.29) is 18.6 Å². The first-order valence-electron chi connectivity index (χ1n) is 10.5. The predicted octanol–water partition coefficient (Wildman–Crippen LogP) is 2.46. The minimum absolute atomic E-state index is 0.0505. The quantitative estimate of drug-likeness (QED) is 0.390. The molecule has 1 fully saturated rings. The van der Waals surface area contributed by atoms with E-state index in [1.807, 2.05) is 38.1 Å². The Morgan fingerprint density at radius 3 is 2.41 bits per heavy atom. The van der Waals surface area contributed by atoms with E-state index in [1.165, 1.54) is 13.2 Å². The van der Waals surface area contributed by atoms with Gasteiger partial charge in [0.2, 0.25) is 5.79 Å².